The Morgan fingerprint density at radius 1 is 1.05 bits per heavy atom. The first kappa shape index (κ1) is 27.9. The molecule has 0 radical (unpaired) electrons. The van der Waals surface area contributed by atoms with Crippen molar-refractivity contribution >= 4 is 45.1 Å². The van der Waals surface area contributed by atoms with Gasteiger partial charge in [0.05, 0.1) is 32.7 Å². The van der Waals surface area contributed by atoms with Gasteiger partial charge in [0.1, 0.15) is 5.75 Å². The van der Waals surface area contributed by atoms with Gasteiger partial charge in [-0.1, -0.05) is 30.3 Å². The van der Waals surface area contributed by atoms with E-state index in [1.54, 1.807) is 49.4 Å². The van der Waals surface area contributed by atoms with E-state index in [9.17, 15) is 28.1 Å². The molecule has 2 aliphatic rings. The fourth-order valence-corrected chi connectivity index (χ4v) is 6.19. The standard InChI is InChI=1S/C29H26N4O7S/c1-20-27(28(34)32(30-20)23-7-3-2-4-8-23)18-21-9-13-25(14-10-21)40-29(35)22-6-5-17-31(19-22)41(38,39)26-15-11-24(12-16-26)33(36)37/h2-4,7-16,18,22H,5-6,17,19H2,1H3. The highest BCUT2D eigenvalue weighted by molar-refractivity contribution is 7.89. The monoisotopic (exact) mass is 574 g/mol. The van der Waals surface area contributed by atoms with Crippen LogP contribution in [0.1, 0.15) is 25.3 Å². The Labute approximate surface area is 236 Å². The lowest BCUT2D eigenvalue weighted by atomic mass is 10.00. The molecule has 1 unspecified atom stereocenters. The van der Waals surface area contributed by atoms with Gasteiger partial charge in [-0.3, -0.25) is 19.7 Å². The van der Waals surface area contributed by atoms with E-state index in [0.29, 0.717) is 35.6 Å². The Morgan fingerprint density at radius 3 is 2.39 bits per heavy atom. The van der Waals surface area contributed by atoms with Gasteiger partial charge in [0.2, 0.25) is 10.0 Å². The molecule has 5 rings (SSSR count). The van der Waals surface area contributed by atoms with E-state index in [4.69, 9.17) is 4.74 Å². The van der Waals surface area contributed by atoms with Crippen LogP contribution in [-0.2, 0) is 19.6 Å². The summed E-state index contributed by atoms with van der Waals surface area (Å²) in [4.78, 5) is 36.1. The summed E-state index contributed by atoms with van der Waals surface area (Å²) in [5.41, 5.74) is 2.22. The quantitative estimate of drug-likeness (QED) is 0.134. The molecular weight excluding hydrogens is 548 g/mol. The number of piperidine rings is 1. The molecule has 1 atom stereocenters. The topological polar surface area (TPSA) is 139 Å². The molecule has 0 N–H and O–H groups in total. The number of benzene rings is 3. The predicted octanol–water partition coefficient (Wildman–Crippen LogP) is 4.41. The molecule has 0 aromatic heterocycles. The van der Waals surface area contributed by atoms with E-state index in [0.717, 1.165) is 17.7 Å². The molecule has 2 heterocycles. The van der Waals surface area contributed by atoms with E-state index in [1.165, 1.54) is 21.4 Å². The molecular formula is C29H26N4O7S. The zero-order valence-corrected chi connectivity index (χ0v) is 22.9. The van der Waals surface area contributed by atoms with Crippen molar-refractivity contribution in [3.8, 4) is 5.75 Å². The summed E-state index contributed by atoms with van der Waals surface area (Å²) < 4.78 is 32.9. The molecule has 210 valence electrons. The number of hydrogen-bond acceptors (Lipinski definition) is 8. The fraction of sp³-hybridized carbons (Fsp3) is 0.207. The molecule has 0 aliphatic carbocycles. The number of hydrazone groups is 1. The number of nitrogens with zero attached hydrogens (tertiary/aromatic N) is 4. The van der Waals surface area contributed by atoms with Crippen LogP contribution in [0.15, 0.2) is 94.4 Å². The molecule has 3 aromatic carbocycles. The molecule has 1 fully saturated rings. The van der Waals surface area contributed by atoms with Crippen LogP contribution in [0.5, 0.6) is 5.75 Å². The third kappa shape index (κ3) is 5.93. The molecule has 41 heavy (non-hydrogen) atoms. The van der Waals surface area contributed by atoms with Gasteiger partial charge >= 0.3 is 5.97 Å². The number of anilines is 1. The van der Waals surface area contributed by atoms with Crippen LogP contribution in [0.4, 0.5) is 11.4 Å². The van der Waals surface area contributed by atoms with Gasteiger partial charge in [-0.2, -0.15) is 14.4 Å². The van der Waals surface area contributed by atoms with Crippen LogP contribution in [0.2, 0.25) is 0 Å². The second kappa shape index (κ2) is 11.4. The SMILES string of the molecule is CC1=NN(c2ccccc2)C(=O)C1=Cc1ccc(OC(=O)C2CCCN(S(=O)(=O)c3ccc([N+](=O)[O-])cc3)C2)cc1. The van der Waals surface area contributed by atoms with E-state index < -0.39 is 26.8 Å². The second-order valence-corrected chi connectivity index (χ2v) is 11.6. The number of esters is 1. The number of non-ortho nitro benzene ring substituents is 1. The maximum absolute atomic E-state index is 13.1. The smallest absolute Gasteiger partial charge is 0.315 e. The minimum Gasteiger partial charge on any atom is -0.426 e. The van der Waals surface area contributed by atoms with Gasteiger partial charge in [0.15, 0.2) is 0 Å². The molecule has 0 bridgehead atoms. The Hall–Kier alpha value is -4.68. The van der Waals surface area contributed by atoms with Crippen LogP contribution < -0.4 is 9.75 Å². The van der Waals surface area contributed by atoms with Crippen LogP contribution in [0.25, 0.3) is 6.08 Å². The van der Waals surface area contributed by atoms with E-state index in [-0.39, 0.29) is 29.6 Å². The lowest BCUT2D eigenvalue weighted by Crippen LogP contribution is -2.43. The van der Waals surface area contributed by atoms with E-state index in [2.05, 4.69) is 5.10 Å². The molecule has 11 nitrogen and oxygen atoms in total. The Kier molecular flexibility index (Phi) is 7.77. The van der Waals surface area contributed by atoms with E-state index >= 15 is 0 Å². The number of ether oxygens (including phenoxy) is 1. The van der Waals surface area contributed by atoms with Crippen molar-refractivity contribution in [2.45, 2.75) is 24.7 Å². The van der Waals surface area contributed by atoms with Crippen molar-refractivity contribution < 1.29 is 27.7 Å². The van der Waals surface area contributed by atoms with Gasteiger partial charge in [0, 0.05) is 25.2 Å². The molecule has 0 saturated carbocycles. The number of carbonyl (C=O) groups is 2. The predicted molar refractivity (Wildman–Crippen MR) is 152 cm³/mol. The van der Waals surface area contributed by atoms with Gasteiger partial charge < -0.3 is 4.74 Å². The van der Waals surface area contributed by atoms with Crippen LogP contribution in [0.3, 0.4) is 0 Å². The molecule has 1 amide bonds. The maximum atomic E-state index is 13.1. The number of carbonyl (C=O) groups excluding carboxylic acids is 2. The molecule has 3 aromatic rings. The first-order chi connectivity index (χ1) is 19.6. The van der Waals surface area contributed by atoms with Crippen LogP contribution in [0, 0.1) is 16.0 Å². The highest BCUT2D eigenvalue weighted by Crippen LogP contribution is 2.28. The zero-order chi connectivity index (χ0) is 29.1. The minimum atomic E-state index is -3.94. The van der Waals surface area contributed by atoms with Crippen LogP contribution in [-0.4, -0.2) is 48.3 Å². The van der Waals surface area contributed by atoms with Crippen molar-refractivity contribution in [1.82, 2.24) is 4.31 Å². The van der Waals surface area contributed by atoms with Crippen molar-refractivity contribution in [2.75, 3.05) is 18.1 Å². The number of nitro groups is 1. The Balaban J connectivity index is 1.23. The maximum Gasteiger partial charge on any atom is 0.315 e. The summed E-state index contributed by atoms with van der Waals surface area (Å²) in [6.07, 6.45) is 2.65. The first-order valence-electron chi connectivity index (χ1n) is 12.9. The number of nitro benzene ring substituents is 1. The second-order valence-electron chi connectivity index (χ2n) is 9.64. The molecule has 0 spiro atoms. The van der Waals surface area contributed by atoms with Gasteiger partial charge in [-0.25, -0.2) is 8.42 Å². The summed E-state index contributed by atoms with van der Waals surface area (Å²) >= 11 is 0. The average Bonchev–Trinajstić information content (AvgIpc) is 3.27. The fourth-order valence-electron chi connectivity index (χ4n) is 4.67. The highest BCUT2D eigenvalue weighted by Gasteiger charge is 2.34. The highest BCUT2D eigenvalue weighted by atomic mass is 32.2. The number of amides is 1. The summed E-state index contributed by atoms with van der Waals surface area (Å²) in [5.74, 6) is -1.17. The number of hydrogen-bond donors (Lipinski definition) is 0. The van der Waals surface area contributed by atoms with Crippen molar-refractivity contribution in [1.29, 1.82) is 0 Å². The molecule has 2 aliphatic heterocycles. The Morgan fingerprint density at radius 2 is 1.73 bits per heavy atom. The zero-order valence-electron chi connectivity index (χ0n) is 22.0. The lowest BCUT2D eigenvalue weighted by Gasteiger charge is -2.30. The minimum absolute atomic E-state index is 0.0546. The largest absolute Gasteiger partial charge is 0.426 e. The van der Waals surface area contributed by atoms with Gasteiger partial charge in [-0.05, 0) is 67.8 Å². The van der Waals surface area contributed by atoms with Gasteiger partial charge in [0.25, 0.3) is 11.6 Å². The molecule has 1 saturated heterocycles. The molecule has 12 heteroatoms. The lowest BCUT2D eigenvalue weighted by molar-refractivity contribution is -0.384. The summed E-state index contributed by atoms with van der Waals surface area (Å²) in [6.45, 7) is 1.94. The van der Waals surface area contributed by atoms with Crippen molar-refractivity contribution in [2.24, 2.45) is 11.0 Å². The average molecular weight is 575 g/mol. The third-order valence-electron chi connectivity index (χ3n) is 6.88. The van der Waals surface area contributed by atoms with Gasteiger partial charge in [-0.15, -0.1) is 0 Å². The van der Waals surface area contributed by atoms with Crippen molar-refractivity contribution in [3.05, 3.63) is 100 Å². The number of sulfonamides is 1. The first-order valence-corrected chi connectivity index (χ1v) is 14.3. The summed E-state index contributed by atoms with van der Waals surface area (Å²) in [7, 11) is -3.94. The summed E-state index contributed by atoms with van der Waals surface area (Å²) in [6, 6.07) is 20.4. The summed E-state index contributed by atoms with van der Waals surface area (Å²) in [5, 5.41) is 16.6. The van der Waals surface area contributed by atoms with Crippen LogP contribution >= 0.6 is 0 Å². The Bertz CT molecular complexity index is 1650. The third-order valence-corrected chi connectivity index (χ3v) is 8.76. The number of rotatable bonds is 7. The van der Waals surface area contributed by atoms with E-state index in [1.807, 2.05) is 18.2 Å². The van der Waals surface area contributed by atoms with Crippen molar-refractivity contribution in [3.63, 3.8) is 0 Å². The normalized spacial score (nSPS) is 18.8. The number of para-hydroxylation sites is 1.